The average Bonchev–Trinajstić information content (AvgIpc) is 3.29. The Morgan fingerprint density at radius 1 is 1.31 bits per heavy atom. The molecule has 0 amide bonds. The fourth-order valence-corrected chi connectivity index (χ4v) is 3.75. The zero-order chi connectivity index (χ0) is 20.2. The highest BCUT2D eigenvalue weighted by atomic mass is 35.5. The first kappa shape index (κ1) is 17.9. The third-order valence-corrected chi connectivity index (χ3v) is 5.50. The Labute approximate surface area is 168 Å². The van der Waals surface area contributed by atoms with Crippen LogP contribution in [0.15, 0.2) is 39.9 Å². The molecule has 29 heavy (non-hydrogen) atoms. The van der Waals surface area contributed by atoms with Gasteiger partial charge in [0.15, 0.2) is 11.3 Å². The van der Waals surface area contributed by atoms with Crippen molar-refractivity contribution in [3.05, 3.63) is 63.2 Å². The van der Waals surface area contributed by atoms with Crippen LogP contribution in [0, 0.1) is 0 Å². The van der Waals surface area contributed by atoms with Gasteiger partial charge in [0.25, 0.3) is 5.56 Å². The van der Waals surface area contributed by atoms with Gasteiger partial charge < -0.3 is 4.52 Å². The number of aromatic nitrogens is 7. The number of halogens is 2. The molecule has 1 aromatic carbocycles. The largest absolute Gasteiger partial charge is 0.337 e. The molecular formula is C18H15ClFN7O2. The minimum absolute atomic E-state index is 0.0601. The first-order valence-corrected chi connectivity index (χ1v) is 9.33. The lowest BCUT2D eigenvalue weighted by atomic mass is 9.68. The minimum Gasteiger partial charge on any atom is -0.337 e. The Morgan fingerprint density at radius 3 is 2.83 bits per heavy atom. The zero-order valence-corrected chi connectivity index (χ0v) is 16.0. The van der Waals surface area contributed by atoms with Crippen LogP contribution in [0.5, 0.6) is 0 Å². The van der Waals surface area contributed by atoms with E-state index in [1.807, 2.05) is 0 Å². The Hall–Kier alpha value is -3.14. The second kappa shape index (κ2) is 6.45. The molecule has 4 aromatic rings. The van der Waals surface area contributed by atoms with E-state index < -0.39 is 5.67 Å². The van der Waals surface area contributed by atoms with Gasteiger partial charge in [-0.15, -0.1) is 5.10 Å². The van der Waals surface area contributed by atoms with Gasteiger partial charge in [0, 0.05) is 18.0 Å². The fourth-order valence-electron chi connectivity index (χ4n) is 3.62. The molecule has 0 bridgehead atoms. The highest BCUT2D eigenvalue weighted by molar-refractivity contribution is 6.30. The molecule has 0 spiro atoms. The molecule has 1 aliphatic carbocycles. The predicted octanol–water partition coefficient (Wildman–Crippen LogP) is 2.35. The molecule has 0 N–H and O–H groups in total. The highest BCUT2D eigenvalue weighted by Gasteiger charge is 2.48. The molecular weight excluding hydrogens is 401 g/mol. The van der Waals surface area contributed by atoms with Crippen LogP contribution in [0.2, 0.25) is 5.02 Å². The second-order valence-electron chi connectivity index (χ2n) is 7.19. The smallest absolute Gasteiger partial charge is 0.281 e. The van der Waals surface area contributed by atoms with Crippen LogP contribution in [-0.2, 0) is 19.3 Å². The summed E-state index contributed by atoms with van der Waals surface area (Å²) in [5, 5.41) is 12.1. The average molecular weight is 416 g/mol. The normalized spacial score (nSPS) is 21.4. The summed E-state index contributed by atoms with van der Waals surface area (Å²) in [6.45, 7) is 0.0601. The van der Waals surface area contributed by atoms with Gasteiger partial charge in [-0.2, -0.15) is 4.98 Å². The van der Waals surface area contributed by atoms with Crippen LogP contribution in [0.25, 0.3) is 11.2 Å². The maximum Gasteiger partial charge on any atom is 0.281 e. The number of aryl methyl sites for hydroxylation is 1. The summed E-state index contributed by atoms with van der Waals surface area (Å²) in [7, 11) is 1.62. The van der Waals surface area contributed by atoms with Gasteiger partial charge >= 0.3 is 0 Å². The van der Waals surface area contributed by atoms with E-state index in [2.05, 4.69) is 25.4 Å². The first-order valence-electron chi connectivity index (χ1n) is 8.95. The third-order valence-electron chi connectivity index (χ3n) is 5.25. The highest BCUT2D eigenvalue weighted by Crippen LogP contribution is 2.53. The molecule has 0 radical (unpaired) electrons. The molecule has 0 saturated heterocycles. The van der Waals surface area contributed by atoms with Crippen molar-refractivity contribution in [1.29, 1.82) is 0 Å². The molecule has 1 fully saturated rings. The Balaban J connectivity index is 1.32. The van der Waals surface area contributed by atoms with Crippen LogP contribution in [0.1, 0.15) is 36.0 Å². The number of benzene rings is 1. The van der Waals surface area contributed by atoms with Crippen molar-refractivity contribution in [2.24, 2.45) is 7.05 Å². The van der Waals surface area contributed by atoms with Gasteiger partial charge in [-0.3, -0.25) is 9.36 Å². The van der Waals surface area contributed by atoms with E-state index in [1.165, 1.54) is 15.6 Å². The topological polar surface area (TPSA) is 105 Å². The second-order valence-corrected chi connectivity index (χ2v) is 7.62. The predicted molar refractivity (Wildman–Crippen MR) is 100 cm³/mol. The number of fused-ring (bicyclic) bond motifs is 1. The van der Waals surface area contributed by atoms with E-state index in [9.17, 15) is 4.79 Å². The van der Waals surface area contributed by atoms with Crippen molar-refractivity contribution in [2.75, 3.05) is 0 Å². The minimum atomic E-state index is -1.42. The summed E-state index contributed by atoms with van der Waals surface area (Å²) in [5.74, 6) is 0.541. The number of nitrogens with zero attached hydrogens (tertiary/aromatic N) is 7. The lowest BCUT2D eigenvalue weighted by Gasteiger charge is -2.40. The van der Waals surface area contributed by atoms with E-state index in [1.54, 1.807) is 31.3 Å². The molecule has 11 heteroatoms. The lowest BCUT2D eigenvalue weighted by Crippen LogP contribution is -2.36. The van der Waals surface area contributed by atoms with Gasteiger partial charge in [0.1, 0.15) is 18.5 Å². The summed E-state index contributed by atoms with van der Waals surface area (Å²) < 4.78 is 23.0. The van der Waals surface area contributed by atoms with Crippen molar-refractivity contribution < 1.29 is 8.91 Å². The van der Waals surface area contributed by atoms with Gasteiger partial charge in [-0.05, 0) is 30.5 Å². The number of rotatable bonds is 4. The van der Waals surface area contributed by atoms with E-state index in [0.717, 1.165) is 0 Å². The van der Waals surface area contributed by atoms with Crippen molar-refractivity contribution in [1.82, 2.24) is 34.7 Å². The quantitative estimate of drug-likeness (QED) is 0.503. The molecule has 0 atom stereocenters. The molecule has 0 aliphatic heterocycles. The van der Waals surface area contributed by atoms with Crippen molar-refractivity contribution in [3.8, 4) is 0 Å². The van der Waals surface area contributed by atoms with Crippen LogP contribution in [-0.4, -0.2) is 34.7 Å². The molecule has 9 nitrogen and oxygen atoms in total. The van der Waals surface area contributed by atoms with Crippen LogP contribution < -0.4 is 5.56 Å². The zero-order valence-electron chi connectivity index (χ0n) is 15.3. The summed E-state index contributed by atoms with van der Waals surface area (Å²) in [5.41, 5.74) is -0.574. The van der Waals surface area contributed by atoms with Crippen LogP contribution in [0.4, 0.5) is 4.39 Å². The molecule has 5 rings (SSSR count). The lowest BCUT2D eigenvalue weighted by molar-refractivity contribution is 0.0336. The number of alkyl halides is 1. The standard InChI is InChI=1S/C18H15ClFN7O2/c1-26-14-16(23-25-26)21-9-27(17(14)28)8-13-22-15(24-29-13)10-6-18(20,7-10)11-2-4-12(19)5-3-11/h2-5,9-10H,6-8H2,1H3. The maximum atomic E-state index is 15.1. The Morgan fingerprint density at radius 2 is 2.07 bits per heavy atom. The van der Waals surface area contributed by atoms with Gasteiger partial charge in [0.2, 0.25) is 11.5 Å². The summed E-state index contributed by atoms with van der Waals surface area (Å²) in [6.07, 6.45) is 1.89. The van der Waals surface area contributed by atoms with E-state index in [4.69, 9.17) is 16.1 Å². The molecule has 0 unspecified atom stereocenters. The van der Waals surface area contributed by atoms with Crippen molar-refractivity contribution >= 4 is 22.8 Å². The number of hydrogen-bond acceptors (Lipinski definition) is 7. The fraction of sp³-hybridized carbons (Fsp3) is 0.333. The van der Waals surface area contributed by atoms with Crippen LogP contribution in [0.3, 0.4) is 0 Å². The molecule has 1 saturated carbocycles. The first-order chi connectivity index (χ1) is 13.9. The molecule has 148 valence electrons. The summed E-state index contributed by atoms with van der Waals surface area (Å²) >= 11 is 5.87. The van der Waals surface area contributed by atoms with Gasteiger partial charge in [0.05, 0.1) is 0 Å². The summed E-state index contributed by atoms with van der Waals surface area (Å²) in [4.78, 5) is 21.0. The summed E-state index contributed by atoms with van der Waals surface area (Å²) in [6, 6.07) is 6.75. The van der Waals surface area contributed by atoms with Crippen molar-refractivity contribution in [3.63, 3.8) is 0 Å². The van der Waals surface area contributed by atoms with E-state index >= 15 is 4.39 Å². The Bertz CT molecular complexity index is 1260. The van der Waals surface area contributed by atoms with Crippen molar-refractivity contribution in [2.45, 2.75) is 31.0 Å². The van der Waals surface area contributed by atoms with E-state index in [-0.39, 0.29) is 47.9 Å². The SMILES string of the molecule is Cn1nnc2ncn(Cc3nc(C4CC(F)(c5ccc(Cl)cc5)C4)no3)c(=O)c21. The monoisotopic (exact) mass is 415 g/mol. The third kappa shape index (κ3) is 3.00. The van der Waals surface area contributed by atoms with Crippen LogP contribution >= 0.6 is 11.6 Å². The Kier molecular flexibility index (Phi) is 3.98. The molecule has 3 heterocycles. The van der Waals surface area contributed by atoms with Gasteiger partial charge in [-0.25, -0.2) is 14.1 Å². The number of hydrogen-bond donors (Lipinski definition) is 0. The molecule has 1 aliphatic rings. The molecule has 3 aromatic heterocycles. The van der Waals surface area contributed by atoms with E-state index in [0.29, 0.717) is 16.4 Å². The van der Waals surface area contributed by atoms with Gasteiger partial charge in [-0.1, -0.05) is 34.1 Å². The maximum absolute atomic E-state index is 15.1.